The standard InChI is InChI=1S/C25H21N3O2S/c1-28(25(30)23-12-7-17-31-23)22-11-6-5-10-21(22)24(29)27-20-15-13-19(14-16-20)26-18-8-3-2-4-9-18/h2-17,26H,1H3,(H,27,29). The predicted octanol–water partition coefficient (Wildman–Crippen LogP) is 6.02. The molecule has 0 spiro atoms. The number of hydrogen-bond donors (Lipinski definition) is 2. The molecule has 6 heteroatoms. The molecule has 0 aliphatic rings. The highest BCUT2D eigenvalue weighted by Gasteiger charge is 2.20. The smallest absolute Gasteiger partial charge is 0.268 e. The van der Waals surface area contributed by atoms with Gasteiger partial charge in [-0.15, -0.1) is 11.3 Å². The molecule has 4 rings (SSSR count). The van der Waals surface area contributed by atoms with Crippen LogP contribution >= 0.6 is 11.3 Å². The maximum absolute atomic E-state index is 13.0. The van der Waals surface area contributed by atoms with E-state index in [1.807, 2.05) is 72.1 Å². The Balaban J connectivity index is 1.48. The van der Waals surface area contributed by atoms with Crippen LogP contribution in [0.1, 0.15) is 20.0 Å². The van der Waals surface area contributed by atoms with E-state index in [1.54, 1.807) is 31.3 Å². The number of carbonyl (C=O) groups excluding carboxylic acids is 2. The summed E-state index contributed by atoms with van der Waals surface area (Å²) in [5.41, 5.74) is 3.57. The largest absolute Gasteiger partial charge is 0.356 e. The van der Waals surface area contributed by atoms with Crippen LogP contribution in [-0.2, 0) is 0 Å². The van der Waals surface area contributed by atoms with Crippen LogP contribution in [0.4, 0.5) is 22.7 Å². The molecule has 0 bridgehead atoms. The quantitative estimate of drug-likeness (QED) is 0.395. The van der Waals surface area contributed by atoms with E-state index < -0.39 is 0 Å². The molecule has 4 aromatic rings. The van der Waals surface area contributed by atoms with E-state index in [2.05, 4.69) is 10.6 Å². The third kappa shape index (κ3) is 4.82. The first kappa shape index (κ1) is 20.4. The monoisotopic (exact) mass is 427 g/mol. The van der Waals surface area contributed by atoms with E-state index in [1.165, 1.54) is 16.2 Å². The summed E-state index contributed by atoms with van der Waals surface area (Å²) < 4.78 is 0. The molecule has 0 aliphatic carbocycles. The van der Waals surface area contributed by atoms with Gasteiger partial charge in [-0.2, -0.15) is 0 Å². The van der Waals surface area contributed by atoms with Gasteiger partial charge in [0.15, 0.2) is 0 Å². The molecule has 154 valence electrons. The summed E-state index contributed by atoms with van der Waals surface area (Å²) in [7, 11) is 1.68. The molecule has 0 saturated carbocycles. The van der Waals surface area contributed by atoms with Gasteiger partial charge in [0.25, 0.3) is 11.8 Å². The zero-order valence-electron chi connectivity index (χ0n) is 16.9. The van der Waals surface area contributed by atoms with Crippen molar-refractivity contribution in [3.05, 3.63) is 107 Å². The van der Waals surface area contributed by atoms with Gasteiger partial charge >= 0.3 is 0 Å². The van der Waals surface area contributed by atoms with Crippen molar-refractivity contribution in [3.63, 3.8) is 0 Å². The van der Waals surface area contributed by atoms with Crippen LogP contribution in [0.25, 0.3) is 0 Å². The Bertz CT molecular complexity index is 1170. The van der Waals surface area contributed by atoms with Gasteiger partial charge in [0.1, 0.15) is 0 Å². The number of carbonyl (C=O) groups is 2. The molecule has 2 N–H and O–H groups in total. The lowest BCUT2D eigenvalue weighted by atomic mass is 10.1. The maximum Gasteiger partial charge on any atom is 0.268 e. The summed E-state index contributed by atoms with van der Waals surface area (Å²) in [5, 5.41) is 8.08. The first-order valence-electron chi connectivity index (χ1n) is 9.76. The fraction of sp³-hybridized carbons (Fsp3) is 0.0400. The topological polar surface area (TPSA) is 61.4 Å². The van der Waals surface area contributed by atoms with Crippen molar-refractivity contribution in [2.45, 2.75) is 0 Å². The number of benzene rings is 3. The second kappa shape index (κ2) is 9.28. The van der Waals surface area contributed by atoms with Gasteiger partial charge in [0.05, 0.1) is 16.1 Å². The van der Waals surface area contributed by atoms with Crippen LogP contribution in [0.2, 0.25) is 0 Å². The summed E-state index contributed by atoms with van der Waals surface area (Å²) in [6, 6.07) is 28.1. The van der Waals surface area contributed by atoms with E-state index in [0.717, 1.165) is 11.4 Å². The van der Waals surface area contributed by atoms with Crippen LogP contribution in [-0.4, -0.2) is 18.9 Å². The number of nitrogens with one attached hydrogen (secondary N) is 2. The van der Waals surface area contributed by atoms with Crippen molar-refractivity contribution in [1.82, 2.24) is 0 Å². The second-order valence-corrected chi connectivity index (χ2v) is 7.83. The number of anilines is 4. The number of amides is 2. The molecular weight excluding hydrogens is 406 g/mol. The third-order valence-corrected chi connectivity index (χ3v) is 5.61. The van der Waals surface area contributed by atoms with Crippen molar-refractivity contribution in [2.24, 2.45) is 0 Å². The summed E-state index contributed by atoms with van der Waals surface area (Å²) in [5.74, 6) is -0.420. The Morgan fingerprint density at radius 1 is 0.742 bits per heavy atom. The van der Waals surface area contributed by atoms with Crippen molar-refractivity contribution in [3.8, 4) is 0 Å². The normalized spacial score (nSPS) is 10.4. The zero-order chi connectivity index (χ0) is 21.6. The van der Waals surface area contributed by atoms with Gasteiger partial charge in [-0.3, -0.25) is 9.59 Å². The van der Waals surface area contributed by atoms with Crippen LogP contribution in [0.15, 0.2) is 96.4 Å². The molecule has 5 nitrogen and oxygen atoms in total. The van der Waals surface area contributed by atoms with Crippen LogP contribution < -0.4 is 15.5 Å². The van der Waals surface area contributed by atoms with Gasteiger partial charge in [0.2, 0.25) is 0 Å². The molecule has 3 aromatic carbocycles. The summed E-state index contributed by atoms with van der Waals surface area (Å²) in [6.45, 7) is 0. The Morgan fingerprint density at radius 3 is 2.10 bits per heavy atom. The highest BCUT2D eigenvalue weighted by atomic mass is 32.1. The van der Waals surface area contributed by atoms with E-state index in [0.29, 0.717) is 21.8 Å². The fourth-order valence-corrected chi connectivity index (χ4v) is 3.86. The number of hydrogen-bond acceptors (Lipinski definition) is 4. The highest BCUT2D eigenvalue weighted by molar-refractivity contribution is 7.12. The Kier molecular flexibility index (Phi) is 6.10. The number of para-hydroxylation sites is 2. The molecule has 1 aromatic heterocycles. The minimum Gasteiger partial charge on any atom is -0.356 e. The molecular formula is C25H21N3O2S. The van der Waals surface area contributed by atoms with Gasteiger partial charge in [-0.05, 0) is 60.0 Å². The van der Waals surface area contributed by atoms with Crippen molar-refractivity contribution in [1.29, 1.82) is 0 Å². The molecule has 0 saturated heterocycles. The molecule has 1 heterocycles. The van der Waals surface area contributed by atoms with Gasteiger partial charge < -0.3 is 15.5 Å². The van der Waals surface area contributed by atoms with Gasteiger partial charge in [0, 0.05) is 24.1 Å². The van der Waals surface area contributed by atoms with Crippen LogP contribution in [0.3, 0.4) is 0 Å². The molecule has 0 fully saturated rings. The minimum atomic E-state index is -0.273. The average molecular weight is 428 g/mol. The average Bonchev–Trinajstić information content (AvgIpc) is 3.35. The number of thiophene rings is 1. The second-order valence-electron chi connectivity index (χ2n) is 6.88. The van der Waals surface area contributed by atoms with E-state index in [4.69, 9.17) is 0 Å². The molecule has 0 aliphatic heterocycles. The first-order chi connectivity index (χ1) is 15.1. The van der Waals surface area contributed by atoms with Crippen LogP contribution in [0.5, 0.6) is 0 Å². The predicted molar refractivity (Wildman–Crippen MR) is 128 cm³/mol. The lowest BCUT2D eigenvalue weighted by Crippen LogP contribution is -2.28. The minimum absolute atomic E-state index is 0.147. The summed E-state index contributed by atoms with van der Waals surface area (Å²) in [4.78, 5) is 27.8. The number of rotatable bonds is 6. The summed E-state index contributed by atoms with van der Waals surface area (Å²) >= 11 is 1.38. The fourth-order valence-electron chi connectivity index (χ4n) is 3.16. The molecule has 2 amide bonds. The van der Waals surface area contributed by atoms with Gasteiger partial charge in [-0.1, -0.05) is 36.4 Å². The van der Waals surface area contributed by atoms with E-state index >= 15 is 0 Å². The SMILES string of the molecule is CN(C(=O)c1cccs1)c1ccccc1C(=O)Nc1ccc(Nc2ccccc2)cc1. The van der Waals surface area contributed by atoms with Crippen molar-refractivity contribution < 1.29 is 9.59 Å². The lowest BCUT2D eigenvalue weighted by Gasteiger charge is -2.20. The van der Waals surface area contributed by atoms with Crippen molar-refractivity contribution in [2.75, 3.05) is 22.6 Å². The van der Waals surface area contributed by atoms with E-state index in [9.17, 15) is 9.59 Å². The van der Waals surface area contributed by atoms with E-state index in [-0.39, 0.29) is 11.8 Å². The molecule has 0 unspecified atom stereocenters. The maximum atomic E-state index is 13.0. The van der Waals surface area contributed by atoms with Gasteiger partial charge in [-0.25, -0.2) is 0 Å². The van der Waals surface area contributed by atoms with Crippen molar-refractivity contribution >= 4 is 45.9 Å². The third-order valence-electron chi connectivity index (χ3n) is 4.75. The first-order valence-corrected chi connectivity index (χ1v) is 10.6. The lowest BCUT2D eigenvalue weighted by molar-refractivity contribution is 0.0996. The summed E-state index contributed by atoms with van der Waals surface area (Å²) in [6.07, 6.45) is 0. The Labute approximate surface area is 185 Å². The molecule has 0 radical (unpaired) electrons. The Hall–Kier alpha value is -3.90. The zero-order valence-corrected chi connectivity index (χ0v) is 17.7. The van der Waals surface area contributed by atoms with Crippen LogP contribution in [0, 0.1) is 0 Å². The molecule has 31 heavy (non-hydrogen) atoms. The number of nitrogens with zero attached hydrogens (tertiary/aromatic N) is 1. The molecule has 0 atom stereocenters. The highest BCUT2D eigenvalue weighted by Crippen LogP contribution is 2.24. The Morgan fingerprint density at radius 2 is 1.39 bits per heavy atom.